The van der Waals surface area contributed by atoms with Crippen LogP contribution in [0.4, 0.5) is 5.69 Å². The molecule has 0 unspecified atom stereocenters. The highest BCUT2D eigenvalue weighted by Crippen LogP contribution is 2.23. The fourth-order valence-electron chi connectivity index (χ4n) is 1.80. The maximum absolute atomic E-state index is 12.2. The van der Waals surface area contributed by atoms with Gasteiger partial charge >= 0.3 is 0 Å². The number of amides is 1. The fraction of sp³-hybridized carbons (Fsp3) is 0.0588. The van der Waals surface area contributed by atoms with E-state index in [2.05, 4.69) is 39.8 Å². The van der Waals surface area contributed by atoms with Crippen LogP contribution in [0.15, 0.2) is 61.2 Å². The Hall–Kier alpha value is -1.93. The monoisotopic (exact) mass is 438 g/mol. The standard InChI is InChI=1S/C17H15IN2O2S/c1-2-10-22-15-9-4-3-8-14(15)19-17(23)20-16(21)12-6-5-7-13(18)11-12/h2-9,11H,1,10H2,(H2,19,20,21,23). The van der Waals surface area contributed by atoms with E-state index in [0.29, 0.717) is 23.6 Å². The van der Waals surface area contributed by atoms with Gasteiger partial charge in [-0.25, -0.2) is 0 Å². The van der Waals surface area contributed by atoms with Crippen molar-refractivity contribution in [1.82, 2.24) is 5.32 Å². The minimum Gasteiger partial charge on any atom is -0.487 e. The van der Waals surface area contributed by atoms with Crippen LogP contribution in [-0.4, -0.2) is 17.6 Å². The highest BCUT2D eigenvalue weighted by Gasteiger charge is 2.10. The van der Waals surface area contributed by atoms with Crippen LogP contribution in [0.5, 0.6) is 5.75 Å². The van der Waals surface area contributed by atoms with E-state index in [-0.39, 0.29) is 11.0 Å². The molecule has 0 aliphatic carbocycles. The lowest BCUT2D eigenvalue weighted by Gasteiger charge is -2.13. The number of rotatable bonds is 5. The van der Waals surface area contributed by atoms with Gasteiger partial charge in [-0.2, -0.15) is 0 Å². The SMILES string of the molecule is C=CCOc1ccccc1NC(=S)NC(=O)c1cccc(I)c1. The highest BCUT2D eigenvalue weighted by atomic mass is 127. The molecule has 0 saturated heterocycles. The number of carbonyl (C=O) groups excluding carboxylic acids is 1. The van der Waals surface area contributed by atoms with Crippen molar-refractivity contribution < 1.29 is 9.53 Å². The number of hydrogen-bond acceptors (Lipinski definition) is 3. The summed E-state index contributed by atoms with van der Waals surface area (Å²) in [5.41, 5.74) is 1.24. The van der Waals surface area contributed by atoms with Crippen molar-refractivity contribution in [1.29, 1.82) is 0 Å². The first-order chi connectivity index (χ1) is 11.1. The van der Waals surface area contributed by atoms with Gasteiger partial charge < -0.3 is 10.1 Å². The number of ether oxygens (including phenoxy) is 1. The summed E-state index contributed by atoms with van der Waals surface area (Å²) in [5.74, 6) is 0.378. The number of nitrogens with one attached hydrogen (secondary N) is 2. The van der Waals surface area contributed by atoms with Crippen molar-refractivity contribution in [3.8, 4) is 5.75 Å². The van der Waals surface area contributed by atoms with Gasteiger partial charge in [0.15, 0.2) is 5.11 Å². The summed E-state index contributed by atoms with van der Waals surface area (Å²) in [5, 5.41) is 5.84. The van der Waals surface area contributed by atoms with E-state index in [1.165, 1.54) is 0 Å². The lowest BCUT2D eigenvalue weighted by atomic mass is 10.2. The summed E-state index contributed by atoms with van der Waals surface area (Å²) in [6, 6.07) is 14.6. The fourth-order valence-corrected chi connectivity index (χ4v) is 2.55. The molecule has 23 heavy (non-hydrogen) atoms. The van der Waals surface area contributed by atoms with E-state index in [0.717, 1.165) is 3.57 Å². The molecular weight excluding hydrogens is 423 g/mol. The molecule has 0 aliphatic rings. The van der Waals surface area contributed by atoms with Gasteiger partial charge in [0.1, 0.15) is 12.4 Å². The summed E-state index contributed by atoms with van der Waals surface area (Å²) in [6.07, 6.45) is 1.66. The summed E-state index contributed by atoms with van der Waals surface area (Å²) < 4.78 is 6.52. The third-order valence-electron chi connectivity index (χ3n) is 2.81. The molecule has 2 aromatic rings. The van der Waals surface area contributed by atoms with Crippen molar-refractivity contribution >= 4 is 51.5 Å². The van der Waals surface area contributed by atoms with Crippen molar-refractivity contribution in [2.75, 3.05) is 11.9 Å². The number of anilines is 1. The van der Waals surface area contributed by atoms with Crippen LogP contribution in [0.3, 0.4) is 0 Å². The second kappa shape index (κ2) is 8.64. The molecule has 6 heteroatoms. The summed E-state index contributed by atoms with van der Waals surface area (Å²) in [4.78, 5) is 12.2. The number of para-hydroxylation sites is 2. The van der Waals surface area contributed by atoms with E-state index in [9.17, 15) is 4.79 Å². The maximum atomic E-state index is 12.2. The molecule has 0 bridgehead atoms. The number of thiocarbonyl (C=S) groups is 1. The predicted octanol–water partition coefficient (Wildman–Crippen LogP) is 3.98. The largest absolute Gasteiger partial charge is 0.487 e. The van der Waals surface area contributed by atoms with E-state index < -0.39 is 0 Å². The van der Waals surface area contributed by atoms with Crippen LogP contribution in [-0.2, 0) is 0 Å². The van der Waals surface area contributed by atoms with Crippen molar-refractivity contribution in [2.24, 2.45) is 0 Å². The van der Waals surface area contributed by atoms with Crippen LogP contribution in [0.2, 0.25) is 0 Å². The van der Waals surface area contributed by atoms with Gasteiger partial charge in [-0.05, 0) is 65.1 Å². The smallest absolute Gasteiger partial charge is 0.257 e. The third kappa shape index (κ3) is 5.33. The molecule has 0 saturated carbocycles. The molecule has 0 aromatic heterocycles. The zero-order valence-corrected chi connectivity index (χ0v) is 15.2. The molecule has 0 fully saturated rings. The Morgan fingerprint density at radius 3 is 2.78 bits per heavy atom. The quantitative estimate of drug-likeness (QED) is 0.421. The second-order valence-electron chi connectivity index (χ2n) is 4.51. The van der Waals surface area contributed by atoms with Gasteiger partial charge in [-0.15, -0.1) is 0 Å². The van der Waals surface area contributed by atoms with Crippen LogP contribution < -0.4 is 15.4 Å². The van der Waals surface area contributed by atoms with E-state index in [4.69, 9.17) is 17.0 Å². The van der Waals surface area contributed by atoms with E-state index >= 15 is 0 Å². The highest BCUT2D eigenvalue weighted by molar-refractivity contribution is 14.1. The second-order valence-corrected chi connectivity index (χ2v) is 6.17. The van der Waals surface area contributed by atoms with Crippen molar-refractivity contribution in [3.63, 3.8) is 0 Å². The Balaban J connectivity index is 2.02. The van der Waals surface area contributed by atoms with Crippen LogP contribution in [0, 0.1) is 3.57 Å². The molecule has 2 rings (SSSR count). The Bertz CT molecular complexity index is 734. The van der Waals surface area contributed by atoms with Gasteiger partial charge in [-0.3, -0.25) is 10.1 Å². The molecule has 0 radical (unpaired) electrons. The Morgan fingerprint density at radius 2 is 2.04 bits per heavy atom. The molecule has 1 amide bonds. The number of carbonyl (C=O) groups is 1. The van der Waals surface area contributed by atoms with Gasteiger partial charge in [0, 0.05) is 9.13 Å². The molecule has 0 aliphatic heterocycles. The normalized spacial score (nSPS) is 9.78. The zero-order chi connectivity index (χ0) is 16.7. The van der Waals surface area contributed by atoms with Crippen LogP contribution in [0.25, 0.3) is 0 Å². The van der Waals surface area contributed by atoms with Gasteiger partial charge in [-0.1, -0.05) is 30.9 Å². The minimum atomic E-state index is -0.259. The Labute approximate surface area is 154 Å². The maximum Gasteiger partial charge on any atom is 0.257 e. The van der Waals surface area contributed by atoms with Gasteiger partial charge in [0.2, 0.25) is 0 Å². The molecule has 4 nitrogen and oxygen atoms in total. The average Bonchev–Trinajstić information content (AvgIpc) is 2.54. The third-order valence-corrected chi connectivity index (χ3v) is 3.68. The first-order valence-electron chi connectivity index (χ1n) is 6.81. The number of halogens is 1. The Kier molecular flexibility index (Phi) is 6.54. The molecule has 0 heterocycles. The van der Waals surface area contributed by atoms with Crippen molar-refractivity contribution in [2.45, 2.75) is 0 Å². The van der Waals surface area contributed by atoms with E-state index in [1.807, 2.05) is 36.4 Å². The van der Waals surface area contributed by atoms with Crippen molar-refractivity contribution in [3.05, 3.63) is 70.3 Å². The van der Waals surface area contributed by atoms with Crippen LogP contribution >= 0.6 is 34.8 Å². The molecule has 2 N–H and O–H groups in total. The van der Waals surface area contributed by atoms with Gasteiger partial charge in [0.05, 0.1) is 5.69 Å². The molecule has 0 spiro atoms. The summed E-state index contributed by atoms with van der Waals surface area (Å²) in [7, 11) is 0. The number of hydrogen-bond donors (Lipinski definition) is 2. The molecule has 118 valence electrons. The molecular formula is C17H15IN2O2S. The Morgan fingerprint density at radius 1 is 1.26 bits per heavy atom. The first kappa shape index (κ1) is 17.4. The minimum absolute atomic E-state index is 0.212. The summed E-state index contributed by atoms with van der Waals surface area (Å²) in [6.45, 7) is 4.01. The number of benzene rings is 2. The lowest BCUT2D eigenvalue weighted by Crippen LogP contribution is -2.34. The van der Waals surface area contributed by atoms with Gasteiger partial charge in [0.25, 0.3) is 5.91 Å². The topological polar surface area (TPSA) is 50.4 Å². The summed E-state index contributed by atoms with van der Waals surface area (Å²) >= 11 is 7.35. The molecule has 2 aromatic carbocycles. The molecule has 0 atom stereocenters. The lowest BCUT2D eigenvalue weighted by molar-refractivity contribution is 0.0977. The predicted molar refractivity (Wildman–Crippen MR) is 105 cm³/mol. The van der Waals surface area contributed by atoms with Crippen LogP contribution in [0.1, 0.15) is 10.4 Å². The first-order valence-corrected chi connectivity index (χ1v) is 8.29. The zero-order valence-electron chi connectivity index (χ0n) is 12.2. The average molecular weight is 438 g/mol. The van der Waals surface area contributed by atoms with E-state index in [1.54, 1.807) is 18.2 Å².